The van der Waals surface area contributed by atoms with Crippen LogP contribution in [0, 0.1) is 0 Å². The zero-order chi connectivity index (χ0) is 9.23. The molecule has 0 unspecified atom stereocenters. The Labute approximate surface area is 78.4 Å². The Hall–Kier alpha value is -0.440. The first-order valence-corrected chi connectivity index (χ1v) is 4.81. The average Bonchev–Trinajstić information content (AvgIpc) is 2.09. The van der Waals surface area contributed by atoms with E-state index in [0.29, 0.717) is 19.0 Å². The van der Waals surface area contributed by atoms with Gasteiger partial charge >= 0.3 is 6.09 Å². The van der Waals surface area contributed by atoms with E-state index in [1.54, 1.807) is 0 Å². The van der Waals surface area contributed by atoms with Gasteiger partial charge < -0.3 is 10.1 Å². The van der Waals surface area contributed by atoms with Gasteiger partial charge in [0.1, 0.15) is 0 Å². The summed E-state index contributed by atoms with van der Waals surface area (Å²) in [6, 6.07) is 0. The van der Waals surface area contributed by atoms with Crippen LogP contribution in [0.25, 0.3) is 0 Å². The van der Waals surface area contributed by atoms with Crippen molar-refractivity contribution in [1.29, 1.82) is 0 Å². The highest BCUT2D eigenvalue weighted by Gasteiger charge is 1.98. The highest BCUT2D eigenvalue weighted by atomic mass is 35.5. The summed E-state index contributed by atoms with van der Waals surface area (Å²) in [7, 11) is 0. The van der Waals surface area contributed by atoms with Crippen LogP contribution in [0.4, 0.5) is 4.79 Å². The molecule has 0 rings (SSSR count). The van der Waals surface area contributed by atoms with E-state index in [9.17, 15) is 4.79 Å². The molecule has 0 heterocycles. The molecule has 0 spiro atoms. The highest BCUT2D eigenvalue weighted by molar-refractivity contribution is 6.17. The minimum atomic E-state index is -0.327. The van der Waals surface area contributed by atoms with Crippen LogP contribution in [0.2, 0.25) is 0 Å². The first-order valence-electron chi connectivity index (χ1n) is 4.27. The van der Waals surface area contributed by atoms with Gasteiger partial charge in [0, 0.05) is 12.4 Å². The molecule has 3 nitrogen and oxygen atoms in total. The number of alkyl carbamates (subject to hydrolysis) is 1. The Morgan fingerprint density at radius 1 is 1.50 bits per heavy atom. The molecule has 1 amide bonds. The second-order valence-corrected chi connectivity index (χ2v) is 2.84. The molecule has 72 valence electrons. The molecule has 0 aromatic rings. The Morgan fingerprint density at radius 3 is 2.83 bits per heavy atom. The Morgan fingerprint density at radius 2 is 2.25 bits per heavy atom. The van der Waals surface area contributed by atoms with Crippen molar-refractivity contribution in [2.75, 3.05) is 19.0 Å². The third kappa shape index (κ3) is 7.66. The third-order valence-electron chi connectivity index (χ3n) is 1.28. The number of halogens is 1. The number of ether oxygens (including phenoxy) is 1. The van der Waals surface area contributed by atoms with E-state index in [1.807, 2.05) is 6.92 Å². The minimum Gasteiger partial charge on any atom is -0.450 e. The second kappa shape index (κ2) is 8.65. The van der Waals surface area contributed by atoms with E-state index < -0.39 is 0 Å². The molecule has 12 heavy (non-hydrogen) atoms. The van der Waals surface area contributed by atoms with Crippen LogP contribution < -0.4 is 5.32 Å². The normalized spacial score (nSPS) is 9.50. The molecule has 0 saturated heterocycles. The van der Waals surface area contributed by atoms with E-state index in [1.165, 1.54) is 0 Å². The van der Waals surface area contributed by atoms with Gasteiger partial charge in [-0.2, -0.15) is 0 Å². The standard InChI is InChI=1S/C8H16ClNO2/c1-2-6-10-8(11)12-7-4-3-5-9/h2-7H2,1H3,(H,10,11). The summed E-state index contributed by atoms with van der Waals surface area (Å²) < 4.78 is 4.84. The van der Waals surface area contributed by atoms with Crippen LogP contribution in [0.1, 0.15) is 26.2 Å². The fourth-order valence-corrected chi connectivity index (χ4v) is 0.828. The fourth-order valence-electron chi connectivity index (χ4n) is 0.640. The van der Waals surface area contributed by atoms with Crippen LogP contribution >= 0.6 is 11.6 Å². The molecule has 0 atom stereocenters. The van der Waals surface area contributed by atoms with Crippen LogP contribution in [-0.2, 0) is 4.74 Å². The van der Waals surface area contributed by atoms with Crippen LogP contribution in [-0.4, -0.2) is 25.1 Å². The Bertz CT molecular complexity index is 120. The largest absolute Gasteiger partial charge is 0.450 e. The van der Waals surface area contributed by atoms with Gasteiger partial charge in [-0.25, -0.2) is 4.79 Å². The maximum Gasteiger partial charge on any atom is 0.407 e. The zero-order valence-electron chi connectivity index (χ0n) is 7.44. The molecule has 0 radical (unpaired) electrons. The highest BCUT2D eigenvalue weighted by Crippen LogP contribution is 1.92. The van der Waals surface area contributed by atoms with E-state index >= 15 is 0 Å². The summed E-state index contributed by atoms with van der Waals surface area (Å²) in [6.45, 7) is 3.13. The molecule has 0 aliphatic heterocycles. The maximum absolute atomic E-state index is 10.8. The summed E-state index contributed by atoms with van der Waals surface area (Å²) in [5.41, 5.74) is 0. The number of hydrogen-bond donors (Lipinski definition) is 1. The van der Waals surface area contributed by atoms with Crippen molar-refractivity contribution in [3.05, 3.63) is 0 Å². The van der Waals surface area contributed by atoms with Crippen LogP contribution in [0.3, 0.4) is 0 Å². The molecule has 0 aromatic carbocycles. The molecular weight excluding hydrogens is 178 g/mol. The summed E-state index contributed by atoms with van der Waals surface area (Å²) in [5.74, 6) is 0.625. The summed E-state index contributed by atoms with van der Waals surface area (Å²) in [4.78, 5) is 10.8. The number of amides is 1. The van der Waals surface area contributed by atoms with E-state index in [4.69, 9.17) is 16.3 Å². The number of nitrogens with one attached hydrogen (secondary N) is 1. The van der Waals surface area contributed by atoms with Gasteiger partial charge in [-0.1, -0.05) is 6.92 Å². The number of unbranched alkanes of at least 4 members (excludes halogenated alkanes) is 1. The lowest BCUT2D eigenvalue weighted by Gasteiger charge is -2.04. The number of alkyl halides is 1. The van der Waals surface area contributed by atoms with Crippen molar-refractivity contribution < 1.29 is 9.53 Å². The van der Waals surface area contributed by atoms with Crippen molar-refractivity contribution in [3.63, 3.8) is 0 Å². The zero-order valence-corrected chi connectivity index (χ0v) is 8.19. The molecule has 4 heteroatoms. The van der Waals surface area contributed by atoms with Gasteiger partial charge in [0.15, 0.2) is 0 Å². The van der Waals surface area contributed by atoms with E-state index in [2.05, 4.69) is 5.32 Å². The Balaban J connectivity index is 3.08. The maximum atomic E-state index is 10.8. The molecule has 1 N–H and O–H groups in total. The van der Waals surface area contributed by atoms with Gasteiger partial charge in [-0.05, 0) is 19.3 Å². The monoisotopic (exact) mass is 193 g/mol. The van der Waals surface area contributed by atoms with Crippen molar-refractivity contribution in [2.45, 2.75) is 26.2 Å². The predicted octanol–water partition coefficient (Wildman–Crippen LogP) is 2.14. The minimum absolute atomic E-state index is 0.327. The van der Waals surface area contributed by atoms with Crippen LogP contribution in [0.5, 0.6) is 0 Å². The fraction of sp³-hybridized carbons (Fsp3) is 0.875. The van der Waals surface area contributed by atoms with Crippen molar-refractivity contribution in [3.8, 4) is 0 Å². The van der Waals surface area contributed by atoms with E-state index in [-0.39, 0.29) is 6.09 Å². The average molecular weight is 194 g/mol. The van der Waals surface area contributed by atoms with Crippen molar-refractivity contribution in [2.24, 2.45) is 0 Å². The Kier molecular flexibility index (Phi) is 8.34. The lowest BCUT2D eigenvalue weighted by atomic mass is 10.4. The van der Waals surface area contributed by atoms with Gasteiger partial charge in [0.05, 0.1) is 6.61 Å². The predicted molar refractivity (Wildman–Crippen MR) is 49.6 cm³/mol. The molecule has 0 aliphatic rings. The lowest BCUT2D eigenvalue weighted by molar-refractivity contribution is 0.144. The molecular formula is C8H16ClNO2. The smallest absolute Gasteiger partial charge is 0.407 e. The lowest BCUT2D eigenvalue weighted by Crippen LogP contribution is -2.25. The number of carbonyl (C=O) groups is 1. The van der Waals surface area contributed by atoms with Gasteiger partial charge in [0.25, 0.3) is 0 Å². The van der Waals surface area contributed by atoms with Gasteiger partial charge in [-0.3, -0.25) is 0 Å². The molecule has 0 fully saturated rings. The summed E-state index contributed by atoms with van der Waals surface area (Å²) >= 11 is 5.44. The van der Waals surface area contributed by atoms with Gasteiger partial charge in [0.2, 0.25) is 0 Å². The second-order valence-electron chi connectivity index (χ2n) is 2.46. The molecule has 0 aromatic heterocycles. The topological polar surface area (TPSA) is 38.3 Å². The molecule has 0 saturated carbocycles. The number of hydrogen-bond acceptors (Lipinski definition) is 2. The molecule has 0 bridgehead atoms. The quantitative estimate of drug-likeness (QED) is 0.519. The van der Waals surface area contributed by atoms with E-state index in [0.717, 1.165) is 19.3 Å². The van der Waals surface area contributed by atoms with Crippen LogP contribution in [0.15, 0.2) is 0 Å². The van der Waals surface area contributed by atoms with Crippen molar-refractivity contribution >= 4 is 17.7 Å². The first-order chi connectivity index (χ1) is 5.81. The molecule has 0 aliphatic carbocycles. The first kappa shape index (κ1) is 11.6. The van der Waals surface area contributed by atoms with Gasteiger partial charge in [-0.15, -0.1) is 11.6 Å². The summed E-state index contributed by atoms with van der Waals surface area (Å²) in [5, 5.41) is 2.62. The number of carbonyl (C=O) groups excluding carboxylic acids is 1. The SMILES string of the molecule is CCCNC(=O)OCCCCCl. The third-order valence-corrected chi connectivity index (χ3v) is 1.55. The van der Waals surface area contributed by atoms with Crippen molar-refractivity contribution in [1.82, 2.24) is 5.32 Å². The summed E-state index contributed by atoms with van der Waals surface area (Å²) in [6.07, 6.45) is 2.33. The number of rotatable bonds is 6.